The van der Waals surface area contributed by atoms with Crippen molar-refractivity contribution in [3.63, 3.8) is 0 Å². The third-order valence-electron chi connectivity index (χ3n) is 6.08. The van der Waals surface area contributed by atoms with Crippen molar-refractivity contribution >= 4 is 17.5 Å². The molecule has 2 amide bonds. The van der Waals surface area contributed by atoms with Crippen LogP contribution in [0.15, 0.2) is 24.3 Å². The number of benzene rings is 1. The predicted molar refractivity (Wildman–Crippen MR) is 92.3 cm³/mol. The average Bonchev–Trinajstić information content (AvgIpc) is 3.15. The minimum Gasteiger partial charge on any atom is -0.342 e. The quantitative estimate of drug-likeness (QED) is 0.888. The number of hydrogen-bond acceptors (Lipinski definition) is 3. The Labute approximate surface area is 142 Å². The maximum absolute atomic E-state index is 12.5. The van der Waals surface area contributed by atoms with Gasteiger partial charge in [0.05, 0.1) is 0 Å². The number of carbonyl (C=O) groups excluding carboxylic acids is 2. The SMILES string of the molecule is NC1CCC2CN(C(=O)CCC3Cc4ccccc4NC3=O)CC12. The Kier molecular flexibility index (Phi) is 4.04. The van der Waals surface area contributed by atoms with Gasteiger partial charge in [-0.15, -0.1) is 0 Å². The van der Waals surface area contributed by atoms with Crippen LogP contribution in [0.2, 0.25) is 0 Å². The molecular formula is C19H25N3O2. The molecule has 2 aliphatic heterocycles. The van der Waals surface area contributed by atoms with Crippen LogP contribution in [-0.4, -0.2) is 35.8 Å². The first-order valence-corrected chi connectivity index (χ1v) is 9.04. The first-order chi connectivity index (χ1) is 11.6. The lowest BCUT2D eigenvalue weighted by atomic mass is 9.89. The average molecular weight is 327 g/mol. The Bertz CT molecular complexity index is 660. The van der Waals surface area contributed by atoms with Crippen LogP contribution >= 0.6 is 0 Å². The monoisotopic (exact) mass is 327 g/mol. The zero-order chi connectivity index (χ0) is 16.7. The number of rotatable bonds is 3. The van der Waals surface area contributed by atoms with Crippen LogP contribution in [0.3, 0.4) is 0 Å². The predicted octanol–water partition coefficient (Wildman–Crippen LogP) is 1.77. The molecule has 128 valence electrons. The van der Waals surface area contributed by atoms with E-state index < -0.39 is 0 Å². The van der Waals surface area contributed by atoms with Crippen molar-refractivity contribution in [2.75, 3.05) is 18.4 Å². The molecule has 0 bridgehead atoms. The summed E-state index contributed by atoms with van der Waals surface area (Å²) in [5.41, 5.74) is 8.22. The van der Waals surface area contributed by atoms with Gasteiger partial charge in [0, 0.05) is 37.2 Å². The highest BCUT2D eigenvalue weighted by Gasteiger charge is 2.42. The highest BCUT2D eigenvalue weighted by atomic mass is 16.2. The summed E-state index contributed by atoms with van der Waals surface area (Å²) in [5, 5.41) is 2.96. The number of nitrogens with zero attached hydrogens (tertiary/aromatic N) is 1. The van der Waals surface area contributed by atoms with E-state index in [0.29, 0.717) is 24.7 Å². The Morgan fingerprint density at radius 2 is 2.08 bits per heavy atom. The molecule has 4 rings (SSSR count). The molecule has 0 radical (unpaired) electrons. The van der Waals surface area contributed by atoms with Crippen molar-refractivity contribution in [2.24, 2.45) is 23.5 Å². The number of fused-ring (bicyclic) bond motifs is 2. The van der Waals surface area contributed by atoms with Crippen LogP contribution in [0, 0.1) is 17.8 Å². The molecule has 5 heteroatoms. The molecule has 1 aromatic carbocycles. The first kappa shape index (κ1) is 15.6. The van der Waals surface area contributed by atoms with E-state index in [1.165, 1.54) is 0 Å². The second kappa shape index (κ2) is 6.20. The lowest BCUT2D eigenvalue weighted by molar-refractivity contribution is -0.131. The van der Waals surface area contributed by atoms with Crippen LogP contribution in [0.25, 0.3) is 0 Å². The van der Waals surface area contributed by atoms with Crippen molar-refractivity contribution in [1.82, 2.24) is 4.90 Å². The van der Waals surface area contributed by atoms with Crippen molar-refractivity contribution < 1.29 is 9.59 Å². The molecule has 0 aromatic heterocycles. The Morgan fingerprint density at radius 3 is 2.92 bits per heavy atom. The van der Waals surface area contributed by atoms with E-state index in [0.717, 1.165) is 43.6 Å². The molecule has 24 heavy (non-hydrogen) atoms. The van der Waals surface area contributed by atoms with E-state index in [1.54, 1.807) is 0 Å². The summed E-state index contributed by atoms with van der Waals surface area (Å²) in [6.07, 6.45) is 4.05. The molecule has 1 saturated carbocycles. The summed E-state index contributed by atoms with van der Waals surface area (Å²) in [6, 6.07) is 8.16. The Morgan fingerprint density at radius 1 is 1.25 bits per heavy atom. The smallest absolute Gasteiger partial charge is 0.227 e. The normalized spacial score (nSPS) is 31.5. The standard InChI is InChI=1S/C19H25N3O2/c20-16-7-5-14-10-22(11-15(14)16)18(23)8-6-13-9-12-3-1-2-4-17(12)21-19(13)24/h1-4,13-16H,5-11,20H2,(H,21,24). The minimum atomic E-state index is -0.104. The number of hydrogen-bond donors (Lipinski definition) is 2. The fraction of sp³-hybridized carbons (Fsp3) is 0.579. The van der Waals surface area contributed by atoms with Crippen molar-refractivity contribution in [2.45, 2.75) is 38.1 Å². The van der Waals surface area contributed by atoms with Crippen molar-refractivity contribution in [3.8, 4) is 0 Å². The van der Waals surface area contributed by atoms with Gasteiger partial charge in [-0.1, -0.05) is 18.2 Å². The fourth-order valence-corrected chi connectivity index (χ4v) is 4.61. The second-order valence-corrected chi connectivity index (χ2v) is 7.55. The number of nitrogens with one attached hydrogen (secondary N) is 1. The molecule has 3 aliphatic rings. The Hall–Kier alpha value is -1.88. The highest BCUT2D eigenvalue weighted by molar-refractivity contribution is 5.96. The van der Waals surface area contributed by atoms with Gasteiger partial charge in [-0.05, 0) is 49.1 Å². The fourth-order valence-electron chi connectivity index (χ4n) is 4.61. The van der Waals surface area contributed by atoms with Gasteiger partial charge in [0.15, 0.2) is 0 Å². The maximum atomic E-state index is 12.5. The van der Waals surface area contributed by atoms with Crippen LogP contribution in [0.1, 0.15) is 31.2 Å². The van der Waals surface area contributed by atoms with Gasteiger partial charge in [-0.25, -0.2) is 0 Å². The third-order valence-corrected chi connectivity index (χ3v) is 6.08. The van der Waals surface area contributed by atoms with E-state index in [9.17, 15) is 9.59 Å². The summed E-state index contributed by atoms with van der Waals surface area (Å²) in [7, 11) is 0. The number of carbonyl (C=O) groups is 2. The molecule has 4 atom stereocenters. The van der Waals surface area contributed by atoms with Crippen molar-refractivity contribution in [3.05, 3.63) is 29.8 Å². The largest absolute Gasteiger partial charge is 0.342 e. The minimum absolute atomic E-state index is 0.0433. The molecular weight excluding hydrogens is 302 g/mol. The van der Waals surface area contributed by atoms with Gasteiger partial charge < -0.3 is 16.0 Å². The molecule has 0 spiro atoms. The van der Waals surface area contributed by atoms with Crippen LogP contribution in [0.4, 0.5) is 5.69 Å². The molecule has 5 nitrogen and oxygen atoms in total. The van der Waals surface area contributed by atoms with E-state index >= 15 is 0 Å². The van der Waals surface area contributed by atoms with Crippen LogP contribution in [-0.2, 0) is 16.0 Å². The number of amides is 2. The zero-order valence-corrected chi connectivity index (χ0v) is 13.9. The maximum Gasteiger partial charge on any atom is 0.227 e. The lowest BCUT2D eigenvalue weighted by Crippen LogP contribution is -2.35. The molecule has 3 N–H and O–H groups in total. The van der Waals surface area contributed by atoms with E-state index in [4.69, 9.17) is 5.73 Å². The first-order valence-electron chi connectivity index (χ1n) is 9.04. The summed E-state index contributed by atoms with van der Waals surface area (Å²) in [5.74, 6) is 1.20. The third kappa shape index (κ3) is 2.81. The topological polar surface area (TPSA) is 75.4 Å². The van der Waals surface area contributed by atoms with E-state index in [2.05, 4.69) is 5.32 Å². The summed E-state index contributed by atoms with van der Waals surface area (Å²) < 4.78 is 0. The van der Waals surface area contributed by atoms with E-state index in [1.807, 2.05) is 29.2 Å². The summed E-state index contributed by atoms with van der Waals surface area (Å²) in [4.78, 5) is 26.7. The van der Waals surface area contributed by atoms with Crippen LogP contribution < -0.4 is 11.1 Å². The van der Waals surface area contributed by atoms with Gasteiger partial charge >= 0.3 is 0 Å². The molecule has 4 unspecified atom stereocenters. The molecule has 2 fully saturated rings. The van der Waals surface area contributed by atoms with Gasteiger partial charge in [0.25, 0.3) is 0 Å². The van der Waals surface area contributed by atoms with Gasteiger partial charge in [-0.3, -0.25) is 9.59 Å². The second-order valence-electron chi connectivity index (χ2n) is 7.55. The summed E-state index contributed by atoms with van der Waals surface area (Å²) in [6.45, 7) is 1.67. The van der Waals surface area contributed by atoms with E-state index in [-0.39, 0.29) is 23.8 Å². The van der Waals surface area contributed by atoms with Crippen LogP contribution in [0.5, 0.6) is 0 Å². The molecule has 1 saturated heterocycles. The van der Waals surface area contributed by atoms with Crippen molar-refractivity contribution in [1.29, 1.82) is 0 Å². The lowest BCUT2D eigenvalue weighted by Gasteiger charge is -2.25. The molecule has 2 heterocycles. The highest BCUT2D eigenvalue weighted by Crippen LogP contribution is 2.37. The molecule has 1 aliphatic carbocycles. The zero-order valence-electron chi connectivity index (χ0n) is 13.9. The number of anilines is 1. The summed E-state index contributed by atoms with van der Waals surface area (Å²) >= 11 is 0. The number of likely N-dealkylation sites (tertiary alicyclic amines) is 1. The van der Waals surface area contributed by atoms with Gasteiger partial charge in [0.2, 0.25) is 11.8 Å². The molecule has 1 aromatic rings. The Balaban J connectivity index is 1.33. The van der Waals surface area contributed by atoms with Gasteiger partial charge in [0.1, 0.15) is 0 Å². The number of para-hydroxylation sites is 1. The van der Waals surface area contributed by atoms with Gasteiger partial charge in [-0.2, -0.15) is 0 Å². The number of nitrogens with two attached hydrogens (primary N) is 1.